The van der Waals surface area contributed by atoms with Gasteiger partial charge in [-0.1, -0.05) is 50.9 Å². The maximum atomic E-state index is 12.2. The van der Waals surface area contributed by atoms with Gasteiger partial charge in [-0.25, -0.2) is 4.79 Å². The number of H-pyrrole nitrogens is 1. The molecule has 0 unspecified atom stereocenters. The molecule has 0 atom stereocenters. The van der Waals surface area contributed by atoms with Gasteiger partial charge in [0.2, 0.25) is 5.91 Å². The van der Waals surface area contributed by atoms with E-state index < -0.39 is 5.97 Å². The summed E-state index contributed by atoms with van der Waals surface area (Å²) < 4.78 is 5.73. The van der Waals surface area contributed by atoms with Crippen LogP contribution in [0.15, 0.2) is 42.6 Å². The van der Waals surface area contributed by atoms with Crippen LogP contribution in [-0.4, -0.2) is 35.1 Å². The van der Waals surface area contributed by atoms with Gasteiger partial charge >= 0.3 is 5.97 Å². The molecule has 7 heteroatoms. The van der Waals surface area contributed by atoms with E-state index in [1.807, 2.05) is 38.1 Å². The van der Waals surface area contributed by atoms with Gasteiger partial charge in [-0.15, -0.1) is 0 Å². The van der Waals surface area contributed by atoms with E-state index >= 15 is 0 Å². The third-order valence-corrected chi connectivity index (χ3v) is 5.62. The lowest BCUT2D eigenvalue weighted by molar-refractivity contribution is -0.129. The molecule has 164 valence electrons. The quantitative estimate of drug-likeness (QED) is 0.381. The lowest BCUT2D eigenvalue weighted by Gasteiger charge is -2.22. The molecule has 3 aromatic rings. The van der Waals surface area contributed by atoms with E-state index in [0.29, 0.717) is 34.8 Å². The summed E-state index contributed by atoms with van der Waals surface area (Å²) in [6.45, 7) is 6.75. The normalized spacial score (nSPS) is 11.5. The standard InChI is InChI=1S/C24H27ClN2O4/c1-4-9-24(2,3)23(30)26-10-11-31-16-7-5-15(6-8-16)17-12-18-19(22(28)29)14-27-21(18)13-20(17)25/h5-8,12-14,27H,4,9-11H2,1-3H3,(H,26,30)(H,28,29). The van der Waals surface area contributed by atoms with Crippen LogP contribution in [0, 0.1) is 5.41 Å². The van der Waals surface area contributed by atoms with E-state index in [0.717, 1.165) is 24.0 Å². The Kier molecular flexibility index (Phi) is 6.91. The molecule has 6 nitrogen and oxygen atoms in total. The maximum Gasteiger partial charge on any atom is 0.337 e. The minimum atomic E-state index is -0.992. The summed E-state index contributed by atoms with van der Waals surface area (Å²) in [5, 5.41) is 13.4. The van der Waals surface area contributed by atoms with E-state index in [4.69, 9.17) is 16.3 Å². The Bertz CT molecular complexity index is 1090. The molecule has 0 saturated carbocycles. The van der Waals surface area contributed by atoms with Crippen LogP contribution in [0.1, 0.15) is 44.0 Å². The molecule has 2 aromatic carbocycles. The van der Waals surface area contributed by atoms with Crippen molar-refractivity contribution >= 4 is 34.4 Å². The summed E-state index contributed by atoms with van der Waals surface area (Å²) in [6.07, 6.45) is 3.26. The highest BCUT2D eigenvalue weighted by molar-refractivity contribution is 6.34. The minimum Gasteiger partial charge on any atom is -0.492 e. The van der Waals surface area contributed by atoms with Crippen molar-refractivity contribution < 1.29 is 19.4 Å². The van der Waals surface area contributed by atoms with E-state index in [9.17, 15) is 14.7 Å². The Morgan fingerprint density at radius 1 is 1.19 bits per heavy atom. The van der Waals surface area contributed by atoms with Crippen LogP contribution in [0.3, 0.4) is 0 Å². The number of carbonyl (C=O) groups excluding carboxylic acids is 1. The van der Waals surface area contributed by atoms with Gasteiger partial charge in [0.05, 0.1) is 17.1 Å². The Hall–Kier alpha value is -2.99. The molecular formula is C24H27ClN2O4. The summed E-state index contributed by atoms with van der Waals surface area (Å²) in [4.78, 5) is 26.6. The highest BCUT2D eigenvalue weighted by Gasteiger charge is 2.25. The number of carbonyl (C=O) groups is 2. The molecule has 0 saturated heterocycles. The molecule has 0 spiro atoms. The van der Waals surface area contributed by atoms with Crippen molar-refractivity contribution in [3.05, 3.63) is 53.2 Å². The van der Waals surface area contributed by atoms with Crippen molar-refractivity contribution in [2.75, 3.05) is 13.2 Å². The van der Waals surface area contributed by atoms with Gasteiger partial charge in [0.15, 0.2) is 0 Å². The van der Waals surface area contributed by atoms with Gasteiger partial charge in [-0.05, 0) is 36.2 Å². The van der Waals surface area contributed by atoms with Crippen LogP contribution >= 0.6 is 11.6 Å². The van der Waals surface area contributed by atoms with Crippen molar-refractivity contribution in [2.24, 2.45) is 5.41 Å². The van der Waals surface area contributed by atoms with Crippen LogP contribution in [-0.2, 0) is 4.79 Å². The zero-order chi connectivity index (χ0) is 22.6. The first-order valence-corrected chi connectivity index (χ1v) is 10.7. The third kappa shape index (κ3) is 5.20. The lowest BCUT2D eigenvalue weighted by Crippen LogP contribution is -2.38. The molecule has 0 bridgehead atoms. The first-order valence-electron chi connectivity index (χ1n) is 10.3. The average Bonchev–Trinajstić information content (AvgIpc) is 3.13. The molecule has 1 aromatic heterocycles. The fourth-order valence-electron chi connectivity index (χ4n) is 3.58. The lowest BCUT2D eigenvalue weighted by atomic mass is 9.87. The number of halogens is 1. The van der Waals surface area contributed by atoms with Crippen LogP contribution in [0.4, 0.5) is 0 Å². The second-order valence-electron chi connectivity index (χ2n) is 8.15. The van der Waals surface area contributed by atoms with E-state index in [-0.39, 0.29) is 16.9 Å². The van der Waals surface area contributed by atoms with Crippen LogP contribution in [0.25, 0.3) is 22.0 Å². The Labute approximate surface area is 186 Å². The first-order chi connectivity index (χ1) is 14.7. The molecule has 0 aliphatic heterocycles. The zero-order valence-corrected chi connectivity index (χ0v) is 18.7. The molecule has 1 amide bonds. The predicted octanol–water partition coefficient (Wildman–Crippen LogP) is 5.51. The van der Waals surface area contributed by atoms with E-state index in [1.54, 1.807) is 12.1 Å². The number of aromatic carboxylic acids is 1. The van der Waals surface area contributed by atoms with Gasteiger partial charge in [-0.2, -0.15) is 0 Å². The van der Waals surface area contributed by atoms with Crippen molar-refractivity contribution in [3.63, 3.8) is 0 Å². The number of ether oxygens (including phenoxy) is 1. The zero-order valence-electron chi connectivity index (χ0n) is 17.9. The third-order valence-electron chi connectivity index (χ3n) is 5.31. The molecule has 0 radical (unpaired) electrons. The molecule has 0 fully saturated rings. The molecule has 1 heterocycles. The van der Waals surface area contributed by atoms with Gasteiger partial charge in [0.1, 0.15) is 12.4 Å². The van der Waals surface area contributed by atoms with Crippen LogP contribution in [0.2, 0.25) is 5.02 Å². The molecule has 31 heavy (non-hydrogen) atoms. The summed E-state index contributed by atoms with van der Waals surface area (Å²) in [5.41, 5.74) is 2.10. The number of benzene rings is 2. The summed E-state index contributed by atoms with van der Waals surface area (Å²) in [7, 11) is 0. The van der Waals surface area contributed by atoms with Gasteiger partial charge < -0.3 is 20.1 Å². The number of carboxylic acid groups (broad SMARTS) is 1. The van der Waals surface area contributed by atoms with Crippen molar-refractivity contribution in [3.8, 4) is 16.9 Å². The van der Waals surface area contributed by atoms with E-state index in [2.05, 4.69) is 17.2 Å². The molecular weight excluding hydrogens is 416 g/mol. The number of amides is 1. The van der Waals surface area contributed by atoms with Gasteiger partial charge in [0.25, 0.3) is 0 Å². The second-order valence-corrected chi connectivity index (χ2v) is 8.55. The predicted molar refractivity (Wildman–Crippen MR) is 123 cm³/mol. The van der Waals surface area contributed by atoms with Gasteiger partial charge in [-0.3, -0.25) is 4.79 Å². The van der Waals surface area contributed by atoms with Crippen molar-refractivity contribution in [2.45, 2.75) is 33.6 Å². The topological polar surface area (TPSA) is 91.4 Å². The molecule has 3 rings (SSSR count). The summed E-state index contributed by atoms with van der Waals surface area (Å²) in [6, 6.07) is 10.9. The minimum absolute atomic E-state index is 0.0313. The van der Waals surface area contributed by atoms with Crippen LogP contribution < -0.4 is 10.1 Å². The van der Waals surface area contributed by atoms with E-state index in [1.165, 1.54) is 6.20 Å². The SMILES string of the molecule is CCCC(C)(C)C(=O)NCCOc1ccc(-c2cc3c(C(=O)O)c[nH]c3cc2Cl)cc1. The number of hydrogen-bond donors (Lipinski definition) is 3. The van der Waals surface area contributed by atoms with Crippen LogP contribution in [0.5, 0.6) is 5.75 Å². The van der Waals surface area contributed by atoms with Crippen molar-refractivity contribution in [1.29, 1.82) is 0 Å². The number of aromatic nitrogens is 1. The summed E-state index contributed by atoms with van der Waals surface area (Å²) in [5.74, 6) is -0.284. The Balaban J connectivity index is 1.64. The fraction of sp³-hybridized carbons (Fsp3) is 0.333. The highest BCUT2D eigenvalue weighted by atomic mass is 35.5. The maximum absolute atomic E-state index is 12.2. The number of hydrogen-bond acceptors (Lipinski definition) is 3. The average molecular weight is 443 g/mol. The second kappa shape index (κ2) is 9.43. The molecule has 0 aliphatic rings. The molecule has 0 aliphatic carbocycles. The molecule has 3 N–H and O–H groups in total. The Morgan fingerprint density at radius 3 is 2.55 bits per heavy atom. The largest absolute Gasteiger partial charge is 0.492 e. The fourth-order valence-corrected chi connectivity index (χ4v) is 3.86. The highest BCUT2D eigenvalue weighted by Crippen LogP contribution is 2.34. The Morgan fingerprint density at radius 2 is 1.90 bits per heavy atom. The number of aromatic amines is 1. The smallest absolute Gasteiger partial charge is 0.337 e. The number of fused-ring (bicyclic) bond motifs is 1. The van der Waals surface area contributed by atoms with Crippen molar-refractivity contribution in [1.82, 2.24) is 10.3 Å². The number of nitrogens with one attached hydrogen (secondary N) is 2. The monoisotopic (exact) mass is 442 g/mol. The summed E-state index contributed by atoms with van der Waals surface area (Å²) >= 11 is 6.42. The van der Waals surface area contributed by atoms with Gasteiger partial charge in [0, 0.05) is 28.1 Å². The first kappa shape index (κ1) is 22.7. The number of rotatable bonds is 9. The number of carboxylic acids is 1.